The van der Waals surface area contributed by atoms with Gasteiger partial charge in [-0.25, -0.2) is 4.79 Å². The van der Waals surface area contributed by atoms with Gasteiger partial charge in [0, 0.05) is 24.6 Å². The minimum Gasteiger partial charge on any atom is -0.478 e. The molecule has 0 bridgehead atoms. The minimum atomic E-state index is -1.37. The topological polar surface area (TPSA) is 148 Å². The van der Waals surface area contributed by atoms with Crippen molar-refractivity contribution < 1.29 is 24.1 Å². The number of aromatic carboxylic acids is 1. The van der Waals surface area contributed by atoms with E-state index in [1.807, 2.05) is 0 Å². The van der Waals surface area contributed by atoms with Gasteiger partial charge >= 0.3 is 5.97 Å². The highest BCUT2D eigenvalue weighted by molar-refractivity contribution is 5.98. The summed E-state index contributed by atoms with van der Waals surface area (Å²) in [6.07, 6.45) is 0. The zero-order chi connectivity index (χ0) is 18.1. The highest BCUT2D eigenvalue weighted by atomic mass is 16.6. The molecule has 0 saturated heterocycles. The van der Waals surface area contributed by atoms with Crippen LogP contribution in [0.2, 0.25) is 0 Å². The summed E-state index contributed by atoms with van der Waals surface area (Å²) in [4.78, 5) is 37.6. The van der Waals surface area contributed by atoms with Gasteiger partial charge in [-0.2, -0.15) is 4.98 Å². The van der Waals surface area contributed by atoms with Crippen LogP contribution in [-0.2, 0) is 5.54 Å². The van der Waals surface area contributed by atoms with Gasteiger partial charge in [-0.05, 0) is 19.9 Å². The zero-order valence-corrected chi connectivity index (χ0v) is 13.1. The van der Waals surface area contributed by atoms with E-state index in [-0.39, 0.29) is 17.0 Å². The van der Waals surface area contributed by atoms with Crippen molar-refractivity contribution in [1.82, 2.24) is 15.5 Å². The van der Waals surface area contributed by atoms with Crippen molar-refractivity contribution in [3.63, 3.8) is 0 Å². The number of nitro groups is 1. The first-order chi connectivity index (χ1) is 11.1. The Hall–Kier alpha value is -3.30. The molecule has 1 amide bonds. The van der Waals surface area contributed by atoms with Gasteiger partial charge in [0.2, 0.25) is 5.89 Å². The molecule has 0 aliphatic rings. The Morgan fingerprint density at radius 3 is 2.42 bits per heavy atom. The lowest BCUT2D eigenvalue weighted by molar-refractivity contribution is -0.384. The molecule has 126 valence electrons. The smallest absolute Gasteiger partial charge is 0.335 e. The normalized spacial score (nSPS) is 11.1. The molecule has 0 unspecified atom stereocenters. The fourth-order valence-electron chi connectivity index (χ4n) is 1.94. The molecule has 0 aliphatic carbocycles. The van der Waals surface area contributed by atoms with Crippen LogP contribution in [0.5, 0.6) is 0 Å². The van der Waals surface area contributed by atoms with Crippen LogP contribution in [0.3, 0.4) is 0 Å². The van der Waals surface area contributed by atoms with E-state index < -0.39 is 28.0 Å². The van der Waals surface area contributed by atoms with E-state index in [4.69, 9.17) is 9.63 Å². The van der Waals surface area contributed by atoms with E-state index in [2.05, 4.69) is 15.5 Å². The Bertz CT molecular complexity index is 794. The fourth-order valence-corrected chi connectivity index (χ4v) is 1.94. The van der Waals surface area contributed by atoms with Gasteiger partial charge in [0.25, 0.3) is 11.6 Å². The predicted molar refractivity (Wildman–Crippen MR) is 79.6 cm³/mol. The van der Waals surface area contributed by atoms with E-state index in [1.54, 1.807) is 20.8 Å². The first kappa shape index (κ1) is 17.1. The Balaban J connectivity index is 2.35. The van der Waals surface area contributed by atoms with Crippen molar-refractivity contribution in [3.05, 3.63) is 51.2 Å². The van der Waals surface area contributed by atoms with E-state index in [9.17, 15) is 19.7 Å². The van der Waals surface area contributed by atoms with Crippen LogP contribution in [-0.4, -0.2) is 32.0 Å². The van der Waals surface area contributed by atoms with Crippen molar-refractivity contribution in [1.29, 1.82) is 0 Å². The van der Waals surface area contributed by atoms with E-state index in [0.717, 1.165) is 18.2 Å². The molecule has 0 aliphatic heterocycles. The number of aryl methyl sites for hydroxylation is 1. The lowest BCUT2D eigenvalue weighted by Crippen LogP contribution is -2.42. The van der Waals surface area contributed by atoms with Crippen molar-refractivity contribution in [2.75, 3.05) is 0 Å². The number of hydrogen-bond donors (Lipinski definition) is 2. The fraction of sp³-hybridized carbons (Fsp3) is 0.286. The molecule has 0 saturated carbocycles. The predicted octanol–water partition coefficient (Wildman–Crippen LogP) is 1.65. The van der Waals surface area contributed by atoms with Crippen LogP contribution in [0.1, 0.15) is 46.3 Å². The first-order valence-corrected chi connectivity index (χ1v) is 6.76. The monoisotopic (exact) mass is 334 g/mol. The van der Waals surface area contributed by atoms with E-state index in [0.29, 0.717) is 5.89 Å². The standard InChI is InChI=1S/C14H14N4O6/c1-7-15-13(17-24-7)14(2,3)16-11(19)8-4-9(12(20)21)6-10(5-8)18(22)23/h4-6H,1-3H3,(H,16,19)(H,20,21). The molecule has 10 nitrogen and oxygen atoms in total. The Morgan fingerprint density at radius 2 is 1.92 bits per heavy atom. The molecule has 1 heterocycles. The molecule has 0 radical (unpaired) electrons. The van der Waals surface area contributed by atoms with Crippen LogP contribution in [0.4, 0.5) is 5.69 Å². The van der Waals surface area contributed by atoms with Gasteiger partial charge in [0.05, 0.1) is 16.0 Å². The van der Waals surface area contributed by atoms with Gasteiger partial charge in [0.1, 0.15) is 0 Å². The Morgan fingerprint density at radius 1 is 1.29 bits per heavy atom. The van der Waals surface area contributed by atoms with E-state index >= 15 is 0 Å². The average molecular weight is 334 g/mol. The van der Waals surface area contributed by atoms with Gasteiger partial charge in [-0.1, -0.05) is 5.16 Å². The van der Waals surface area contributed by atoms with Crippen molar-refractivity contribution in [2.45, 2.75) is 26.3 Å². The maximum Gasteiger partial charge on any atom is 0.335 e. The summed E-state index contributed by atoms with van der Waals surface area (Å²) in [7, 11) is 0. The number of nitrogens with one attached hydrogen (secondary N) is 1. The van der Waals surface area contributed by atoms with Gasteiger partial charge in [-0.15, -0.1) is 0 Å². The summed E-state index contributed by atoms with van der Waals surface area (Å²) >= 11 is 0. The van der Waals surface area contributed by atoms with Crippen LogP contribution < -0.4 is 5.32 Å². The molecule has 1 aromatic carbocycles. The molecule has 0 spiro atoms. The lowest BCUT2D eigenvalue weighted by Gasteiger charge is -2.22. The highest BCUT2D eigenvalue weighted by Crippen LogP contribution is 2.21. The molecule has 0 atom stereocenters. The van der Waals surface area contributed by atoms with Crippen LogP contribution in [0.15, 0.2) is 22.7 Å². The van der Waals surface area contributed by atoms with Gasteiger partial charge in [-0.3, -0.25) is 14.9 Å². The number of carbonyl (C=O) groups is 2. The number of hydrogen-bond acceptors (Lipinski definition) is 7. The maximum absolute atomic E-state index is 12.4. The Labute approximate surface area is 135 Å². The summed E-state index contributed by atoms with van der Waals surface area (Å²) in [6, 6.07) is 2.94. The molecule has 2 N–H and O–H groups in total. The second-order valence-corrected chi connectivity index (χ2v) is 5.55. The summed E-state index contributed by atoms with van der Waals surface area (Å²) in [5.41, 5.74) is -2.03. The number of benzene rings is 1. The number of aromatic nitrogens is 2. The molecule has 2 aromatic rings. The summed E-state index contributed by atoms with van der Waals surface area (Å²) in [5.74, 6) is -1.54. The molecule has 1 aromatic heterocycles. The quantitative estimate of drug-likeness (QED) is 0.619. The number of amides is 1. The Kier molecular flexibility index (Phi) is 4.31. The molecular weight excluding hydrogens is 320 g/mol. The number of non-ortho nitro benzene ring substituents is 1. The maximum atomic E-state index is 12.4. The van der Waals surface area contributed by atoms with Crippen LogP contribution >= 0.6 is 0 Å². The van der Waals surface area contributed by atoms with Crippen molar-refractivity contribution >= 4 is 17.6 Å². The number of carboxylic acids is 1. The highest BCUT2D eigenvalue weighted by Gasteiger charge is 2.29. The number of nitro benzene ring substituents is 1. The minimum absolute atomic E-state index is 0.158. The molecule has 2 rings (SSSR count). The molecular formula is C14H14N4O6. The third-order valence-electron chi connectivity index (χ3n) is 3.15. The van der Waals surface area contributed by atoms with Crippen LogP contribution in [0.25, 0.3) is 0 Å². The van der Waals surface area contributed by atoms with Crippen molar-refractivity contribution in [3.8, 4) is 0 Å². The summed E-state index contributed by atoms with van der Waals surface area (Å²) in [6.45, 7) is 4.82. The number of rotatable bonds is 5. The number of carboxylic acid groups (broad SMARTS) is 1. The zero-order valence-electron chi connectivity index (χ0n) is 13.1. The largest absolute Gasteiger partial charge is 0.478 e. The molecule has 10 heteroatoms. The number of carbonyl (C=O) groups excluding carboxylic acids is 1. The first-order valence-electron chi connectivity index (χ1n) is 6.76. The second kappa shape index (κ2) is 6.07. The summed E-state index contributed by atoms with van der Waals surface area (Å²) < 4.78 is 4.86. The van der Waals surface area contributed by atoms with Crippen molar-refractivity contribution in [2.24, 2.45) is 0 Å². The third-order valence-corrected chi connectivity index (χ3v) is 3.15. The lowest BCUT2D eigenvalue weighted by atomic mass is 10.0. The summed E-state index contributed by atoms with van der Waals surface area (Å²) in [5, 5.41) is 26.3. The molecule has 24 heavy (non-hydrogen) atoms. The van der Waals surface area contributed by atoms with E-state index in [1.165, 1.54) is 0 Å². The second-order valence-electron chi connectivity index (χ2n) is 5.55. The average Bonchev–Trinajstić information content (AvgIpc) is 2.93. The van der Waals surface area contributed by atoms with Crippen LogP contribution in [0, 0.1) is 17.0 Å². The molecule has 0 fully saturated rings. The third kappa shape index (κ3) is 3.54. The number of nitrogens with zero attached hydrogens (tertiary/aromatic N) is 3. The van der Waals surface area contributed by atoms with Gasteiger partial charge in [0.15, 0.2) is 5.82 Å². The van der Waals surface area contributed by atoms with Gasteiger partial charge < -0.3 is 14.9 Å². The SMILES string of the molecule is Cc1nc(C(C)(C)NC(=O)c2cc(C(=O)O)cc([N+](=O)[O-])c2)no1.